The Morgan fingerprint density at radius 3 is 2.57 bits per heavy atom. The predicted molar refractivity (Wildman–Crippen MR) is 91.1 cm³/mol. The first-order valence-electron chi connectivity index (χ1n) is 7.82. The normalized spacial score (nSPS) is 17.7. The van der Waals surface area contributed by atoms with Crippen LogP contribution in [-0.2, 0) is 0 Å². The molecular weight excluding hydrogens is 312 g/mol. The van der Waals surface area contributed by atoms with E-state index in [1.54, 1.807) is 4.68 Å². The molecule has 2 N–H and O–H groups in total. The summed E-state index contributed by atoms with van der Waals surface area (Å²) in [6.07, 6.45) is 0.991. The monoisotopic (exact) mass is 332 g/mol. The summed E-state index contributed by atoms with van der Waals surface area (Å²) in [4.78, 5) is 14.4. The van der Waals surface area contributed by atoms with Gasteiger partial charge in [-0.1, -0.05) is 11.6 Å². The highest BCUT2D eigenvalue weighted by Crippen LogP contribution is 2.23. The van der Waals surface area contributed by atoms with E-state index in [1.807, 2.05) is 43.0 Å². The molecule has 0 saturated carbocycles. The number of aromatic nitrogens is 2. The van der Waals surface area contributed by atoms with Gasteiger partial charge in [0.25, 0.3) is 5.91 Å². The highest BCUT2D eigenvalue weighted by molar-refractivity contribution is 6.31. The summed E-state index contributed by atoms with van der Waals surface area (Å²) in [6, 6.07) is 7.49. The molecule has 1 aliphatic heterocycles. The summed E-state index contributed by atoms with van der Waals surface area (Å²) in [7, 11) is 0. The van der Waals surface area contributed by atoms with E-state index in [0.29, 0.717) is 23.0 Å². The second-order valence-electron chi connectivity index (χ2n) is 6.09. The van der Waals surface area contributed by atoms with E-state index < -0.39 is 0 Å². The summed E-state index contributed by atoms with van der Waals surface area (Å²) in [6.45, 7) is 5.99. The van der Waals surface area contributed by atoms with Gasteiger partial charge >= 0.3 is 0 Å². The molecular formula is C17H21ClN4O. The molecule has 1 atom stereocenters. The van der Waals surface area contributed by atoms with Crippen molar-refractivity contribution in [2.45, 2.75) is 20.3 Å². The highest BCUT2D eigenvalue weighted by atomic mass is 35.5. The van der Waals surface area contributed by atoms with Crippen molar-refractivity contribution in [3.05, 3.63) is 46.2 Å². The van der Waals surface area contributed by atoms with Crippen LogP contribution in [0.1, 0.15) is 28.2 Å². The number of carbonyl (C=O) groups is 1. The summed E-state index contributed by atoms with van der Waals surface area (Å²) in [5.41, 5.74) is 8.98. The minimum absolute atomic E-state index is 0.0684. The van der Waals surface area contributed by atoms with Crippen LogP contribution in [0.3, 0.4) is 0 Å². The fraction of sp³-hybridized carbons (Fsp3) is 0.412. The van der Waals surface area contributed by atoms with Gasteiger partial charge < -0.3 is 10.6 Å². The lowest BCUT2D eigenvalue weighted by molar-refractivity contribution is 0.0787. The van der Waals surface area contributed by atoms with Crippen LogP contribution < -0.4 is 5.73 Å². The maximum atomic E-state index is 12.5. The van der Waals surface area contributed by atoms with Crippen molar-refractivity contribution in [1.82, 2.24) is 14.7 Å². The molecule has 2 aromatic rings. The lowest BCUT2D eigenvalue weighted by atomic mass is 10.1. The average molecular weight is 333 g/mol. The Kier molecular flexibility index (Phi) is 4.41. The van der Waals surface area contributed by atoms with Crippen molar-refractivity contribution in [2.75, 3.05) is 19.6 Å². The van der Waals surface area contributed by atoms with Gasteiger partial charge in [0.1, 0.15) is 0 Å². The SMILES string of the molecule is Cc1nn(-c2ccc(C(=O)N3CC[C@@H](CN)C3)cc2)c(C)c1Cl. The van der Waals surface area contributed by atoms with E-state index in [1.165, 1.54) is 0 Å². The standard InChI is InChI=1S/C17H21ClN4O/c1-11-16(18)12(2)22(20-11)15-5-3-14(4-6-15)17(23)21-8-7-13(9-19)10-21/h3-6,13H,7-10,19H2,1-2H3/t13-/m0/s1. The predicted octanol–water partition coefficient (Wildman–Crippen LogP) is 2.56. The largest absolute Gasteiger partial charge is 0.338 e. The zero-order valence-electron chi connectivity index (χ0n) is 13.4. The Labute approximate surface area is 141 Å². The molecule has 1 fully saturated rings. The number of amides is 1. The molecule has 5 nitrogen and oxygen atoms in total. The third kappa shape index (κ3) is 2.99. The fourth-order valence-electron chi connectivity index (χ4n) is 3.01. The maximum Gasteiger partial charge on any atom is 0.253 e. The van der Waals surface area contributed by atoms with E-state index in [0.717, 1.165) is 36.6 Å². The van der Waals surface area contributed by atoms with Crippen LogP contribution in [0.4, 0.5) is 0 Å². The van der Waals surface area contributed by atoms with Crippen molar-refractivity contribution in [3.8, 4) is 5.69 Å². The molecule has 1 aliphatic rings. The molecule has 3 rings (SSSR count). The quantitative estimate of drug-likeness (QED) is 0.939. The van der Waals surface area contributed by atoms with Gasteiger partial charge in [-0.2, -0.15) is 5.10 Å². The third-order valence-electron chi connectivity index (χ3n) is 4.47. The number of halogens is 1. The van der Waals surface area contributed by atoms with E-state index in [-0.39, 0.29) is 5.91 Å². The molecule has 23 heavy (non-hydrogen) atoms. The van der Waals surface area contributed by atoms with Gasteiger partial charge in [0.05, 0.1) is 22.1 Å². The Morgan fingerprint density at radius 2 is 2.04 bits per heavy atom. The molecule has 1 amide bonds. The van der Waals surface area contributed by atoms with Gasteiger partial charge in [0.15, 0.2) is 0 Å². The maximum absolute atomic E-state index is 12.5. The lowest BCUT2D eigenvalue weighted by Crippen LogP contribution is -2.29. The van der Waals surface area contributed by atoms with E-state index >= 15 is 0 Å². The van der Waals surface area contributed by atoms with Crippen molar-refractivity contribution >= 4 is 17.5 Å². The first kappa shape index (κ1) is 16.0. The lowest BCUT2D eigenvalue weighted by Gasteiger charge is -2.16. The summed E-state index contributed by atoms with van der Waals surface area (Å²) in [5, 5.41) is 5.10. The minimum atomic E-state index is 0.0684. The van der Waals surface area contributed by atoms with E-state index in [2.05, 4.69) is 5.10 Å². The zero-order chi connectivity index (χ0) is 16.6. The molecule has 6 heteroatoms. The molecule has 0 bridgehead atoms. The van der Waals surface area contributed by atoms with Gasteiger partial charge in [0.2, 0.25) is 0 Å². The Bertz CT molecular complexity index is 723. The van der Waals surface area contributed by atoms with Gasteiger partial charge in [-0.3, -0.25) is 4.79 Å². The van der Waals surface area contributed by atoms with Gasteiger partial charge in [-0.15, -0.1) is 0 Å². The average Bonchev–Trinajstić information content (AvgIpc) is 3.15. The number of benzene rings is 1. The second kappa shape index (κ2) is 6.34. The molecule has 122 valence electrons. The second-order valence-corrected chi connectivity index (χ2v) is 6.46. The highest BCUT2D eigenvalue weighted by Gasteiger charge is 2.26. The minimum Gasteiger partial charge on any atom is -0.338 e. The molecule has 0 aliphatic carbocycles. The number of aryl methyl sites for hydroxylation is 1. The summed E-state index contributed by atoms with van der Waals surface area (Å²) in [5.74, 6) is 0.494. The first-order chi connectivity index (χ1) is 11.0. The smallest absolute Gasteiger partial charge is 0.253 e. The van der Waals surface area contributed by atoms with Crippen LogP contribution in [0, 0.1) is 19.8 Å². The number of rotatable bonds is 3. The van der Waals surface area contributed by atoms with Crippen molar-refractivity contribution in [2.24, 2.45) is 11.7 Å². The molecule has 2 heterocycles. The van der Waals surface area contributed by atoms with Crippen LogP contribution in [-0.4, -0.2) is 40.2 Å². The van der Waals surface area contributed by atoms with Crippen LogP contribution in [0.5, 0.6) is 0 Å². The van der Waals surface area contributed by atoms with Crippen molar-refractivity contribution in [1.29, 1.82) is 0 Å². The molecule has 0 spiro atoms. The molecule has 1 aromatic heterocycles. The Hall–Kier alpha value is -1.85. The molecule has 1 aromatic carbocycles. The number of likely N-dealkylation sites (tertiary alicyclic amines) is 1. The first-order valence-corrected chi connectivity index (χ1v) is 8.20. The number of hydrogen-bond acceptors (Lipinski definition) is 3. The van der Waals surface area contributed by atoms with Crippen molar-refractivity contribution < 1.29 is 4.79 Å². The fourth-order valence-corrected chi connectivity index (χ4v) is 3.13. The van der Waals surface area contributed by atoms with Gasteiger partial charge in [-0.05, 0) is 57.0 Å². The number of nitrogens with two attached hydrogens (primary N) is 1. The summed E-state index contributed by atoms with van der Waals surface area (Å²) < 4.78 is 1.80. The van der Waals surface area contributed by atoms with E-state index in [4.69, 9.17) is 17.3 Å². The molecule has 0 radical (unpaired) electrons. The van der Waals surface area contributed by atoms with Crippen LogP contribution in [0.25, 0.3) is 5.69 Å². The van der Waals surface area contributed by atoms with Crippen LogP contribution in [0.15, 0.2) is 24.3 Å². The number of hydrogen-bond donors (Lipinski definition) is 1. The zero-order valence-corrected chi connectivity index (χ0v) is 14.2. The molecule has 1 saturated heterocycles. The van der Waals surface area contributed by atoms with E-state index in [9.17, 15) is 4.79 Å². The number of nitrogens with zero attached hydrogens (tertiary/aromatic N) is 3. The Morgan fingerprint density at radius 1 is 1.35 bits per heavy atom. The van der Waals surface area contributed by atoms with Crippen LogP contribution >= 0.6 is 11.6 Å². The van der Waals surface area contributed by atoms with Crippen LogP contribution in [0.2, 0.25) is 5.02 Å². The van der Waals surface area contributed by atoms with Crippen molar-refractivity contribution in [3.63, 3.8) is 0 Å². The van der Waals surface area contributed by atoms with Gasteiger partial charge in [-0.25, -0.2) is 4.68 Å². The van der Waals surface area contributed by atoms with Gasteiger partial charge in [0, 0.05) is 18.7 Å². The third-order valence-corrected chi connectivity index (χ3v) is 5.02. The Balaban J connectivity index is 1.79. The summed E-state index contributed by atoms with van der Waals surface area (Å²) >= 11 is 6.19. The topological polar surface area (TPSA) is 64.2 Å². The molecule has 0 unspecified atom stereocenters. The number of carbonyl (C=O) groups excluding carboxylic acids is 1.